The molecule has 102 valence electrons. The number of pyridine rings is 1. The van der Waals surface area contributed by atoms with Gasteiger partial charge in [0.2, 0.25) is 5.91 Å². The van der Waals surface area contributed by atoms with Gasteiger partial charge < -0.3 is 10.6 Å². The molecule has 0 aliphatic carbocycles. The predicted molar refractivity (Wildman–Crippen MR) is 79.3 cm³/mol. The summed E-state index contributed by atoms with van der Waals surface area (Å²) < 4.78 is 0. The van der Waals surface area contributed by atoms with Crippen LogP contribution in [0.5, 0.6) is 0 Å². The molecule has 1 aliphatic rings. The van der Waals surface area contributed by atoms with E-state index in [1.54, 1.807) is 6.20 Å². The van der Waals surface area contributed by atoms with E-state index in [-0.39, 0.29) is 11.9 Å². The molecule has 1 aromatic heterocycles. The highest BCUT2D eigenvalue weighted by atomic mass is 16.2. The van der Waals surface area contributed by atoms with Crippen LogP contribution in [0.15, 0.2) is 48.7 Å². The zero-order valence-electron chi connectivity index (χ0n) is 11.2. The molecule has 4 nitrogen and oxygen atoms in total. The first-order valence-electron chi connectivity index (χ1n) is 6.89. The van der Waals surface area contributed by atoms with E-state index < -0.39 is 0 Å². The lowest BCUT2D eigenvalue weighted by molar-refractivity contribution is -0.117. The molecule has 2 N–H and O–H groups in total. The van der Waals surface area contributed by atoms with Gasteiger partial charge in [-0.3, -0.25) is 4.79 Å². The normalized spacial score (nSPS) is 17.9. The second-order valence-electron chi connectivity index (χ2n) is 4.93. The molecule has 2 heterocycles. The first-order valence-corrected chi connectivity index (χ1v) is 6.89. The summed E-state index contributed by atoms with van der Waals surface area (Å²) in [6.45, 7) is 0.912. The molecule has 2 aromatic rings. The average Bonchev–Trinajstić information content (AvgIpc) is 3.03. The van der Waals surface area contributed by atoms with Crippen LogP contribution >= 0.6 is 0 Å². The van der Waals surface area contributed by atoms with Crippen LogP contribution in [0.4, 0.5) is 5.82 Å². The summed E-state index contributed by atoms with van der Waals surface area (Å²) in [5.41, 5.74) is 2.17. The number of hydrogen-bond acceptors (Lipinski definition) is 3. The molecule has 3 rings (SSSR count). The largest absolute Gasteiger partial charge is 0.309 e. The molecule has 0 bridgehead atoms. The van der Waals surface area contributed by atoms with E-state index in [1.165, 1.54) is 0 Å². The van der Waals surface area contributed by atoms with Crippen molar-refractivity contribution in [2.45, 2.75) is 18.9 Å². The molecule has 1 saturated heterocycles. The second-order valence-corrected chi connectivity index (χ2v) is 4.93. The minimum Gasteiger partial charge on any atom is -0.309 e. The number of hydrogen-bond donors (Lipinski definition) is 2. The first-order chi connectivity index (χ1) is 9.83. The van der Waals surface area contributed by atoms with Gasteiger partial charge in [-0.2, -0.15) is 0 Å². The SMILES string of the molecule is O=C(Nc1cc(-c2ccccc2)ccn1)[C@@H]1CCCN1. The topological polar surface area (TPSA) is 54.0 Å². The van der Waals surface area contributed by atoms with Crippen LogP contribution in [-0.2, 0) is 4.79 Å². The molecule has 1 aromatic carbocycles. The van der Waals surface area contributed by atoms with Crippen LogP contribution in [0, 0.1) is 0 Å². The number of anilines is 1. The van der Waals surface area contributed by atoms with Gasteiger partial charge in [-0.1, -0.05) is 30.3 Å². The Labute approximate surface area is 118 Å². The van der Waals surface area contributed by atoms with Crippen molar-refractivity contribution in [2.24, 2.45) is 0 Å². The first kappa shape index (κ1) is 12.8. The van der Waals surface area contributed by atoms with Gasteiger partial charge in [0.1, 0.15) is 5.82 Å². The monoisotopic (exact) mass is 267 g/mol. The van der Waals surface area contributed by atoms with Crippen molar-refractivity contribution in [1.29, 1.82) is 0 Å². The summed E-state index contributed by atoms with van der Waals surface area (Å²) in [6.07, 6.45) is 3.67. The van der Waals surface area contributed by atoms with Crippen molar-refractivity contribution in [3.63, 3.8) is 0 Å². The number of carbonyl (C=O) groups excluding carboxylic acids is 1. The number of carbonyl (C=O) groups is 1. The maximum Gasteiger partial charge on any atom is 0.242 e. The van der Waals surface area contributed by atoms with E-state index in [4.69, 9.17) is 0 Å². The standard InChI is InChI=1S/C16H17N3O/c20-16(14-7-4-9-17-14)19-15-11-13(8-10-18-15)12-5-2-1-3-6-12/h1-3,5-6,8,10-11,14,17H,4,7,9H2,(H,18,19,20)/t14-/m0/s1. The van der Waals surface area contributed by atoms with Gasteiger partial charge in [0.25, 0.3) is 0 Å². The van der Waals surface area contributed by atoms with Gasteiger partial charge >= 0.3 is 0 Å². The number of nitrogens with zero attached hydrogens (tertiary/aromatic N) is 1. The van der Waals surface area contributed by atoms with E-state index in [2.05, 4.69) is 15.6 Å². The molecule has 1 aliphatic heterocycles. The molecule has 0 spiro atoms. The molecule has 1 amide bonds. The van der Waals surface area contributed by atoms with Crippen molar-refractivity contribution >= 4 is 11.7 Å². The average molecular weight is 267 g/mol. The predicted octanol–water partition coefficient (Wildman–Crippen LogP) is 2.44. The van der Waals surface area contributed by atoms with Crippen LogP contribution in [-0.4, -0.2) is 23.5 Å². The van der Waals surface area contributed by atoms with Crippen molar-refractivity contribution < 1.29 is 4.79 Å². The van der Waals surface area contributed by atoms with Gasteiger partial charge in [-0.25, -0.2) is 4.98 Å². The van der Waals surface area contributed by atoms with Crippen molar-refractivity contribution in [3.05, 3.63) is 48.7 Å². The summed E-state index contributed by atoms with van der Waals surface area (Å²) in [5.74, 6) is 0.602. The summed E-state index contributed by atoms with van der Waals surface area (Å²) in [7, 11) is 0. The highest BCUT2D eigenvalue weighted by molar-refractivity contribution is 5.94. The summed E-state index contributed by atoms with van der Waals surface area (Å²) in [6, 6.07) is 13.8. The van der Waals surface area contributed by atoms with E-state index in [1.807, 2.05) is 42.5 Å². The zero-order chi connectivity index (χ0) is 13.8. The maximum absolute atomic E-state index is 12.0. The number of nitrogens with one attached hydrogen (secondary N) is 2. The summed E-state index contributed by atoms with van der Waals surface area (Å²) in [5, 5.41) is 6.06. The van der Waals surface area contributed by atoms with Crippen molar-refractivity contribution in [3.8, 4) is 11.1 Å². The Morgan fingerprint density at radius 3 is 2.80 bits per heavy atom. The summed E-state index contributed by atoms with van der Waals surface area (Å²) in [4.78, 5) is 16.3. The van der Waals surface area contributed by atoms with Crippen molar-refractivity contribution in [2.75, 3.05) is 11.9 Å². The quantitative estimate of drug-likeness (QED) is 0.898. The molecule has 4 heteroatoms. The molecular formula is C16H17N3O. The number of aromatic nitrogens is 1. The third-order valence-electron chi connectivity index (χ3n) is 3.50. The van der Waals surface area contributed by atoms with E-state index >= 15 is 0 Å². The van der Waals surface area contributed by atoms with Crippen LogP contribution in [0.1, 0.15) is 12.8 Å². The van der Waals surface area contributed by atoms with Gasteiger partial charge in [-0.15, -0.1) is 0 Å². The lowest BCUT2D eigenvalue weighted by atomic mass is 10.1. The number of rotatable bonds is 3. The smallest absolute Gasteiger partial charge is 0.242 e. The van der Waals surface area contributed by atoms with Gasteiger partial charge in [-0.05, 0) is 42.6 Å². The fourth-order valence-corrected chi connectivity index (χ4v) is 2.43. The maximum atomic E-state index is 12.0. The fourth-order valence-electron chi connectivity index (χ4n) is 2.43. The molecular weight excluding hydrogens is 250 g/mol. The lowest BCUT2D eigenvalue weighted by Gasteiger charge is -2.11. The lowest BCUT2D eigenvalue weighted by Crippen LogP contribution is -2.35. The Kier molecular flexibility index (Phi) is 3.74. The summed E-state index contributed by atoms with van der Waals surface area (Å²) >= 11 is 0. The van der Waals surface area contributed by atoms with E-state index in [9.17, 15) is 4.79 Å². The molecule has 1 atom stereocenters. The molecule has 20 heavy (non-hydrogen) atoms. The van der Waals surface area contributed by atoms with Crippen LogP contribution < -0.4 is 10.6 Å². The van der Waals surface area contributed by atoms with Crippen LogP contribution in [0.25, 0.3) is 11.1 Å². The highest BCUT2D eigenvalue weighted by Gasteiger charge is 2.22. The number of amides is 1. The molecule has 0 saturated carbocycles. The Morgan fingerprint density at radius 1 is 1.20 bits per heavy atom. The Hall–Kier alpha value is -2.20. The molecule has 0 unspecified atom stereocenters. The Morgan fingerprint density at radius 2 is 2.05 bits per heavy atom. The number of benzene rings is 1. The minimum atomic E-state index is -0.0859. The highest BCUT2D eigenvalue weighted by Crippen LogP contribution is 2.21. The Balaban J connectivity index is 1.76. The van der Waals surface area contributed by atoms with Crippen LogP contribution in [0.3, 0.4) is 0 Å². The molecule has 1 fully saturated rings. The van der Waals surface area contributed by atoms with Gasteiger partial charge in [0, 0.05) is 6.20 Å². The van der Waals surface area contributed by atoms with E-state index in [0.29, 0.717) is 5.82 Å². The Bertz CT molecular complexity index is 592. The third kappa shape index (κ3) is 2.86. The third-order valence-corrected chi connectivity index (χ3v) is 3.50. The fraction of sp³-hybridized carbons (Fsp3) is 0.250. The van der Waals surface area contributed by atoms with Crippen molar-refractivity contribution in [1.82, 2.24) is 10.3 Å². The minimum absolute atomic E-state index is 0.000196. The van der Waals surface area contributed by atoms with E-state index in [0.717, 1.165) is 30.5 Å². The molecule has 0 radical (unpaired) electrons. The van der Waals surface area contributed by atoms with Gasteiger partial charge in [0.05, 0.1) is 6.04 Å². The van der Waals surface area contributed by atoms with Crippen LogP contribution in [0.2, 0.25) is 0 Å². The second kappa shape index (κ2) is 5.84. The van der Waals surface area contributed by atoms with Gasteiger partial charge in [0.15, 0.2) is 0 Å². The zero-order valence-corrected chi connectivity index (χ0v) is 11.2.